The highest BCUT2D eigenvalue weighted by atomic mass is 16.1. The van der Waals surface area contributed by atoms with E-state index in [9.17, 15) is 4.79 Å². The number of carbonyl (C=O) groups is 1. The fraction of sp³-hybridized carbons (Fsp3) is 0.0714. The molecule has 0 aromatic carbocycles. The molecule has 0 aromatic rings. The van der Waals surface area contributed by atoms with Gasteiger partial charge in [-0.2, -0.15) is 0 Å². The van der Waals surface area contributed by atoms with E-state index in [4.69, 9.17) is 0 Å². The summed E-state index contributed by atoms with van der Waals surface area (Å²) in [6, 6.07) is 0. The van der Waals surface area contributed by atoms with E-state index in [-0.39, 0.29) is 0 Å². The van der Waals surface area contributed by atoms with E-state index in [1.165, 1.54) is 0 Å². The molecule has 0 fully saturated rings. The number of aldehydes is 1. The van der Waals surface area contributed by atoms with E-state index >= 15 is 0 Å². The smallest absolute Gasteiger partial charge is 0.150 e. The van der Waals surface area contributed by atoms with Crippen molar-refractivity contribution in [1.29, 1.82) is 0 Å². The summed E-state index contributed by atoms with van der Waals surface area (Å²) in [6.45, 7) is 1.92. The van der Waals surface area contributed by atoms with Crippen LogP contribution in [0.1, 0.15) is 6.92 Å². The Hall–Kier alpha value is -1.89. The minimum Gasteiger partial charge on any atom is -0.298 e. The first-order valence-electron chi connectivity index (χ1n) is 4.85. The summed E-state index contributed by atoms with van der Waals surface area (Å²) in [5.41, 5.74) is 1.66. The fourth-order valence-electron chi connectivity index (χ4n) is 1.10. The van der Waals surface area contributed by atoms with Gasteiger partial charge in [-0.25, -0.2) is 0 Å². The van der Waals surface area contributed by atoms with Gasteiger partial charge >= 0.3 is 0 Å². The lowest BCUT2D eigenvalue weighted by atomic mass is 10.1. The zero-order valence-electron chi connectivity index (χ0n) is 8.76. The second-order valence-electron chi connectivity index (χ2n) is 3.13. The molecule has 0 spiro atoms. The van der Waals surface area contributed by atoms with E-state index < -0.39 is 0 Å². The second kappa shape index (κ2) is 6.55. The summed E-state index contributed by atoms with van der Waals surface area (Å²) in [5.74, 6) is 0. The van der Waals surface area contributed by atoms with Gasteiger partial charge in [-0.3, -0.25) is 4.79 Å². The van der Waals surface area contributed by atoms with Crippen LogP contribution in [0.5, 0.6) is 0 Å². The first-order chi connectivity index (χ1) is 7.34. The van der Waals surface area contributed by atoms with Crippen molar-refractivity contribution in [2.75, 3.05) is 0 Å². The van der Waals surface area contributed by atoms with Crippen molar-refractivity contribution in [3.63, 3.8) is 0 Å². The van der Waals surface area contributed by atoms with Gasteiger partial charge in [0.25, 0.3) is 0 Å². The topological polar surface area (TPSA) is 17.1 Å². The Morgan fingerprint density at radius 2 is 1.27 bits per heavy atom. The quantitative estimate of drug-likeness (QED) is 0.591. The highest BCUT2D eigenvalue weighted by Crippen LogP contribution is 2.05. The standard InChI is InChI=1S/C14H14O/c1-13-10-8-6-4-2-3-5-7-9-11-14(13)12-15/h2-12H,1H3. The van der Waals surface area contributed by atoms with Crippen LogP contribution in [0.15, 0.2) is 71.9 Å². The van der Waals surface area contributed by atoms with Crippen molar-refractivity contribution >= 4 is 6.29 Å². The SMILES string of the molecule is CC1=C(C=O)C=CC=CC=CC=CC=C1. The van der Waals surface area contributed by atoms with E-state index in [2.05, 4.69) is 0 Å². The Bertz CT molecular complexity index is 388. The van der Waals surface area contributed by atoms with E-state index in [1.807, 2.05) is 67.7 Å². The summed E-state index contributed by atoms with van der Waals surface area (Å²) < 4.78 is 0. The molecule has 0 aromatic heterocycles. The molecule has 0 heterocycles. The van der Waals surface area contributed by atoms with Gasteiger partial charge in [-0.15, -0.1) is 0 Å². The lowest BCUT2D eigenvalue weighted by Crippen LogP contribution is -1.83. The van der Waals surface area contributed by atoms with Gasteiger partial charge in [0.1, 0.15) is 6.29 Å². The molecular weight excluding hydrogens is 184 g/mol. The molecule has 1 rings (SSSR count). The van der Waals surface area contributed by atoms with Crippen molar-refractivity contribution in [2.45, 2.75) is 6.92 Å². The monoisotopic (exact) mass is 198 g/mol. The number of rotatable bonds is 1. The van der Waals surface area contributed by atoms with Gasteiger partial charge in [-0.05, 0) is 12.5 Å². The third kappa shape index (κ3) is 4.23. The number of hydrogen-bond acceptors (Lipinski definition) is 1. The highest BCUT2D eigenvalue weighted by molar-refractivity contribution is 5.79. The predicted octanol–water partition coefficient (Wildman–Crippen LogP) is 3.30. The minimum absolute atomic E-state index is 0.703. The normalized spacial score (nSPS) is 16.3. The molecule has 15 heavy (non-hydrogen) atoms. The van der Waals surface area contributed by atoms with Gasteiger partial charge in [0.2, 0.25) is 0 Å². The highest BCUT2D eigenvalue weighted by Gasteiger charge is 1.92. The van der Waals surface area contributed by atoms with Crippen LogP contribution in [-0.4, -0.2) is 6.29 Å². The molecule has 0 unspecified atom stereocenters. The van der Waals surface area contributed by atoms with Crippen molar-refractivity contribution in [2.24, 2.45) is 0 Å². The molecule has 0 aliphatic heterocycles. The zero-order chi connectivity index (χ0) is 10.9. The minimum atomic E-state index is 0.703. The molecule has 0 bridgehead atoms. The van der Waals surface area contributed by atoms with Crippen LogP contribution in [0.3, 0.4) is 0 Å². The summed E-state index contributed by atoms with van der Waals surface area (Å²) in [4.78, 5) is 10.8. The lowest BCUT2D eigenvalue weighted by Gasteiger charge is -1.94. The fourth-order valence-corrected chi connectivity index (χ4v) is 1.10. The van der Waals surface area contributed by atoms with Gasteiger partial charge in [0, 0.05) is 5.57 Å². The molecule has 0 radical (unpaired) electrons. The van der Waals surface area contributed by atoms with Crippen molar-refractivity contribution in [3.05, 3.63) is 71.9 Å². The van der Waals surface area contributed by atoms with Crippen LogP contribution < -0.4 is 0 Å². The molecular formula is C14H14O. The molecule has 0 saturated carbocycles. The first kappa shape index (κ1) is 11.2. The van der Waals surface area contributed by atoms with Crippen molar-refractivity contribution in [3.8, 4) is 0 Å². The molecule has 0 saturated heterocycles. The average molecular weight is 198 g/mol. The Morgan fingerprint density at radius 3 is 1.80 bits per heavy atom. The van der Waals surface area contributed by atoms with Crippen LogP contribution in [0, 0.1) is 0 Å². The summed E-state index contributed by atoms with van der Waals surface area (Å²) in [6.07, 6.45) is 20.0. The Balaban J connectivity index is 3.02. The van der Waals surface area contributed by atoms with Gasteiger partial charge in [0.15, 0.2) is 0 Å². The van der Waals surface area contributed by atoms with E-state index in [0.29, 0.717) is 5.57 Å². The third-order valence-corrected chi connectivity index (χ3v) is 1.98. The van der Waals surface area contributed by atoms with Crippen LogP contribution in [0.4, 0.5) is 0 Å². The summed E-state index contributed by atoms with van der Waals surface area (Å²) in [7, 11) is 0. The number of hydrogen-bond donors (Lipinski definition) is 0. The van der Waals surface area contributed by atoms with Crippen LogP contribution >= 0.6 is 0 Å². The number of carbonyl (C=O) groups excluding carboxylic acids is 1. The maximum absolute atomic E-state index is 10.8. The van der Waals surface area contributed by atoms with Gasteiger partial charge in [-0.1, -0.05) is 60.8 Å². The molecule has 1 nitrogen and oxygen atoms in total. The number of allylic oxidation sites excluding steroid dienone is 12. The molecule has 1 aliphatic rings. The first-order valence-corrected chi connectivity index (χ1v) is 4.85. The van der Waals surface area contributed by atoms with Gasteiger partial charge < -0.3 is 0 Å². The second-order valence-corrected chi connectivity index (χ2v) is 3.13. The largest absolute Gasteiger partial charge is 0.298 e. The summed E-state index contributed by atoms with van der Waals surface area (Å²) >= 11 is 0. The molecule has 76 valence electrons. The van der Waals surface area contributed by atoms with Crippen LogP contribution in [0.25, 0.3) is 0 Å². The molecule has 0 amide bonds. The van der Waals surface area contributed by atoms with Crippen molar-refractivity contribution in [1.82, 2.24) is 0 Å². The van der Waals surface area contributed by atoms with Crippen LogP contribution in [0.2, 0.25) is 0 Å². The van der Waals surface area contributed by atoms with Crippen LogP contribution in [-0.2, 0) is 4.79 Å². The maximum Gasteiger partial charge on any atom is 0.150 e. The maximum atomic E-state index is 10.8. The predicted molar refractivity (Wildman–Crippen MR) is 64.5 cm³/mol. The third-order valence-electron chi connectivity index (χ3n) is 1.98. The van der Waals surface area contributed by atoms with Crippen molar-refractivity contribution < 1.29 is 4.79 Å². The summed E-state index contributed by atoms with van der Waals surface area (Å²) in [5, 5.41) is 0. The van der Waals surface area contributed by atoms with Gasteiger partial charge in [0.05, 0.1) is 0 Å². The molecule has 0 N–H and O–H groups in total. The molecule has 0 atom stereocenters. The molecule has 1 heteroatoms. The Morgan fingerprint density at radius 1 is 0.800 bits per heavy atom. The average Bonchev–Trinajstić information content (AvgIpc) is 2.23. The van der Waals surface area contributed by atoms with E-state index in [1.54, 1.807) is 0 Å². The zero-order valence-corrected chi connectivity index (χ0v) is 8.76. The lowest BCUT2D eigenvalue weighted by molar-refractivity contribution is -0.104. The van der Waals surface area contributed by atoms with E-state index in [0.717, 1.165) is 11.9 Å². The Kier molecular flexibility index (Phi) is 4.88. The Labute approximate surface area is 90.5 Å². The molecule has 1 aliphatic carbocycles.